The van der Waals surface area contributed by atoms with E-state index in [-0.39, 0.29) is 29.6 Å². The Kier molecular flexibility index (Phi) is 6.43. The van der Waals surface area contributed by atoms with E-state index in [2.05, 4.69) is 22.3 Å². The number of aromatic amines is 1. The number of hydrogen-bond acceptors (Lipinski definition) is 4. The number of carbonyl (C=O) groups is 2. The molecular formula is C28H29FN4O3. The molecule has 1 saturated heterocycles. The lowest BCUT2D eigenvalue weighted by Crippen LogP contribution is -2.56. The molecule has 0 saturated carbocycles. The van der Waals surface area contributed by atoms with Crippen molar-refractivity contribution in [3.05, 3.63) is 97.7 Å². The maximum Gasteiger partial charge on any atom is 0.267 e. The average molecular weight is 489 g/mol. The van der Waals surface area contributed by atoms with E-state index in [1.165, 1.54) is 28.2 Å². The van der Waals surface area contributed by atoms with E-state index >= 15 is 0 Å². The molecule has 1 unspecified atom stereocenters. The summed E-state index contributed by atoms with van der Waals surface area (Å²) in [5, 5.41) is 6.59. The molecule has 5 rings (SSSR count). The maximum atomic E-state index is 14.7. The highest BCUT2D eigenvalue weighted by molar-refractivity contribution is 5.97. The first kappa shape index (κ1) is 23.9. The first-order valence-corrected chi connectivity index (χ1v) is 12.3. The van der Waals surface area contributed by atoms with Gasteiger partial charge in [0.1, 0.15) is 12.4 Å². The molecule has 0 spiro atoms. The number of H-pyrrole nitrogens is 1. The molecule has 8 heteroatoms. The van der Waals surface area contributed by atoms with E-state index in [4.69, 9.17) is 0 Å². The topological polar surface area (TPSA) is 86.4 Å². The van der Waals surface area contributed by atoms with Gasteiger partial charge in [0.25, 0.3) is 11.5 Å². The van der Waals surface area contributed by atoms with Crippen molar-refractivity contribution in [3.63, 3.8) is 0 Å². The minimum atomic E-state index is -0.621. The summed E-state index contributed by atoms with van der Waals surface area (Å²) in [6.45, 7) is 4.30. The fraction of sp³-hybridized carbons (Fsp3) is 0.357. The molecule has 7 nitrogen and oxygen atoms in total. The van der Waals surface area contributed by atoms with Crippen molar-refractivity contribution < 1.29 is 14.0 Å². The van der Waals surface area contributed by atoms with Crippen LogP contribution in [0.2, 0.25) is 0 Å². The first-order valence-electron chi connectivity index (χ1n) is 12.3. The van der Waals surface area contributed by atoms with Crippen LogP contribution >= 0.6 is 0 Å². The predicted octanol–water partition coefficient (Wildman–Crippen LogP) is 2.96. The Balaban J connectivity index is 1.28. The number of fused-ring (bicyclic) bond motifs is 1. The van der Waals surface area contributed by atoms with Crippen molar-refractivity contribution in [3.8, 4) is 0 Å². The largest absolute Gasteiger partial charge is 0.336 e. The summed E-state index contributed by atoms with van der Waals surface area (Å²) in [4.78, 5) is 41.4. The third-order valence-electron chi connectivity index (χ3n) is 7.57. The van der Waals surface area contributed by atoms with Gasteiger partial charge in [0, 0.05) is 31.1 Å². The van der Waals surface area contributed by atoms with Gasteiger partial charge in [0.2, 0.25) is 5.91 Å². The zero-order valence-corrected chi connectivity index (χ0v) is 20.5. The van der Waals surface area contributed by atoms with Gasteiger partial charge in [-0.05, 0) is 67.5 Å². The summed E-state index contributed by atoms with van der Waals surface area (Å²) < 4.78 is 14.7. The van der Waals surface area contributed by atoms with E-state index < -0.39 is 11.7 Å². The fourth-order valence-electron chi connectivity index (χ4n) is 5.25. The van der Waals surface area contributed by atoms with Crippen LogP contribution in [-0.4, -0.2) is 57.5 Å². The lowest BCUT2D eigenvalue weighted by molar-refractivity contribution is -0.137. The van der Waals surface area contributed by atoms with Crippen LogP contribution in [0.3, 0.4) is 0 Å². The van der Waals surface area contributed by atoms with Crippen LogP contribution in [0.1, 0.15) is 50.3 Å². The summed E-state index contributed by atoms with van der Waals surface area (Å²) >= 11 is 0. The van der Waals surface area contributed by atoms with E-state index in [1.54, 1.807) is 13.0 Å². The molecule has 1 N–H and O–H groups in total. The molecule has 2 heterocycles. The number of hydrogen-bond donors (Lipinski definition) is 1. The third-order valence-corrected chi connectivity index (χ3v) is 7.57. The van der Waals surface area contributed by atoms with Crippen molar-refractivity contribution in [2.24, 2.45) is 0 Å². The molecule has 1 atom stereocenters. The number of rotatable bonds is 4. The molecule has 186 valence electrons. The number of halogens is 1. The molecular weight excluding hydrogens is 459 g/mol. The first-order chi connectivity index (χ1) is 17.3. The molecule has 2 aliphatic rings. The number of aryl methyl sites for hydroxylation is 1. The average Bonchev–Trinajstić information content (AvgIpc) is 2.89. The minimum Gasteiger partial charge on any atom is -0.336 e. The zero-order valence-electron chi connectivity index (χ0n) is 20.5. The number of piperazine rings is 1. The van der Waals surface area contributed by atoms with E-state index in [0.717, 1.165) is 24.8 Å². The molecule has 1 aromatic heterocycles. The summed E-state index contributed by atoms with van der Waals surface area (Å²) in [6, 6.07) is 12.9. The van der Waals surface area contributed by atoms with Crippen LogP contribution in [0.4, 0.5) is 4.39 Å². The van der Waals surface area contributed by atoms with Gasteiger partial charge in [-0.1, -0.05) is 30.3 Å². The quantitative estimate of drug-likeness (QED) is 0.612. The number of amides is 2. The van der Waals surface area contributed by atoms with Crippen molar-refractivity contribution in [2.75, 3.05) is 19.6 Å². The highest BCUT2D eigenvalue weighted by Crippen LogP contribution is 2.26. The Bertz CT molecular complexity index is 1400. The van der Waals surface area contributed by atoms with Gasteiger partial charge in [-0.15, -0.1) is 0 Å². The number of nitrogens with zero attached hydrogens (tertiary/aromatic N) is 3. The van der Waals surface area contributed by atoms with Gasteiger partial charge in [-0.25, -0.2) is 9.49 Å². The van der Waals surface area contributed by atoms with Gasteiger partial charge < -0.3 is 9.80 Å². The smallest absolute Gasteiger partial charge is 0.267 e. The number of aromatic nitrogens is 2. The molecule has 0 bridgehead atoms. The molecule has 1 aliphatic heterocycles. The number of carbonyl (C=O) groups excluding carboxylic acids is 2. The highest BCUT2D eigenvalue weighted by Gasteiger charge is 2.34. The lowest BCUT2D eigenvalue weighted by atomic mass is 9.87. The van der Waals surface area contributed by atoms with Crippen LogP contribution < -0.4 is 5.56 Å². The molecule has 1 fully saturated rings. The molecule has 3 aromatic rings. The Labute approximate surface area is 208 Å². The van der Waals surface area contributed by atoms with Gasteiger partial charge in [-0.3, -0.25) is 14.4 Å². The third kappa shape index (κ3) is 4.55. The van der Waals surface area contributed by atoms with Crippen LogP contribution in [0.15, 0.2) is 47.3 Å². The Hall–Kier alpha value is -3.81. The van der Waals surface area contributed by atoms with Crippen LogP contribution in [-0.2, 0) is 24.1 Å². The normalized spacial score (nSPS) is 17.8. The predicted molar refractivity (Wildman–Crippen MR) is 133 cm³/mol. The van der Waals surface area contributed by atoms with E-state index in [1.807, 2.05) is 24.0 Å². The second kappa shape index (κ2) is 9.68. The van der Waals surface area contributed by atoms with Crippen LogP contribution in [0.25, 0.3) is 0 Å². The van der Waals surface area contributed by atoms with Crippen LogP contribution in [0.5, 0.6) is 0 Å². The standard InChI is InChI=1S/C28H29FN4O3/c1-17-18(2)27(35)31-30-25(17)14-19-7-10-24(29)23(13-19)28(36)32-11-12-33(26(34)16-32)22-9-8-20-5-3-4-6-21(20)15-22/h3-7,10,13,22H,8-9,11-12,14-16H2,1-2H3,(H,31,35). The molecule has 1 aliphatic carbocycles. The minimum absolute atomic E-state index is 0.0551. The van der Waals surface area contributed by atoms with Gasteiger partial charge >= 0.3 is 0 Å². The lowest BCUT2D eigenvalue weighted by Gasteiger charge is -2.41. The molecule has 2 aromatic carbocycles. The summed E-state index contributed by atoms with van der Waals surface area (Å²) in [6.07, 6.45) is 3.02. The van der Waals surface area contributed by atoms with Crippen molar-refractivity contribution in [1.82, 2.24) is 20.0 Å². The van der Waals surface area contributed by atoms with Crippen molar-refractivity contribution in [1.29, 1.82) is 0 Å². The Morgan fingerprint density at radius 1 is 1.08 bits per heavy atom. The van der Waals surface area contributed by atoms with Gasteiger partial charge in [0.05, 0.1) is 11.3 Å². The molecule has 0 radical (unpaired) electrons. The fourth-order valence-corrected chi connectivity index (χ4v) is 5.25. The Morgan fingerprint density at radius 3 is 2.64 bits per heavy atom. The monoisotopic (exact) mass is 488 g/mol. The van der Waals surface area contributed by atoms with Gasteiger partial charge in [-0.2, -0.15) is 5.10 Å². The maximum absolute atomic E-state index is 14.7. The summed E-state index contributed by atoms with van der Waals surface area (Å²) in [5.74, 6) is -1.21. The summed E-state index contributed by atoms with van der Waals surface area (Å²) in [5.41, 5.74) is 5.03. The van der Waals surface area contributed by atoms with E-state index in [9.17, 15) is 18.8 Å². The highest BCUT2D eigenvalue weighted by atomic mass is 19.1. The number of benzene rings is 2. The Morgan fingerprint density at radius 2 is 1.86 bits per heavy atom. The molecule has 2 amide bonds. The van der Waals surface area contributed by atoms with Crippen LogP contribution in [0, 0.1) is 19.7 Å². The second-order valence-electron chi connectivity index (χ2n) is 9.72. The van der Waals surface area contributed by atoms with Crippen molar-refractivity contribution >= 4 is 11.8 Å². The number of nitrogens with one attached hydrogen (secondary N) is 1. The van der Waals surface area contributed by atoms with Crippen molar-refractivity contribution in [2.45, 2.75) is 45.6 Å². The summed E-state index contributed by atoms with van der Waals surface area (Å²) in [7, 11) is 0. The van der Waals surface area contributed by atoms with Gasteiger partial charge in [0.15, 0.2) is 0 Å². The molecule has 36 heavy (non-hydrogen) atoms. The van der Waals surface area contributed by atoms with E-state index in [0.29, 0.717) is 36.3 Å². The zero-order chi connectivity index (χ0) is 25.4. The second-order valence-corrected chi connectivity index (χ2v) is 9.72. The SMILES string of the molecule is Cc1c(Cc2ccc(F)c(C(=O)N3CCN(C4CCc5ccccc5C4)C(=O)C3)c2)n[nH]c(=O)c1C.